The normalized spacial score (nSPS) is 12.8. The number of para-hydroxylation sites is 1. The van der Waals surface area contributed by atoms with Crippen molar-refractivity contribution in [2.75, 3.05) is 5.32 Å². The van der Waals surface area contributed by atoms with Crippen LogP contribution in [0.15, 0.2) is 88.7 Å². The molecule has 3 rings (SSSR count). The topological polar surface area (TPSA) is 118 Å². The van der Waals surface area contributed by atoms with Crippen molar-refractivity contribution in [3.8, 4) is 0 Å². The number of rotatable bonds is 5. The van der Waals surface area contributed by atoms with Crippen molar-refractivity contribution >= 4 is 26.6 Å². The number of nitrogens with two attached hydrogens (primary N) is 1. The number of hydrogen-bond acceptors (Lipinski definition) is 4. The van der Waals surface area contributed by atoms with Crippen LogP contribution in [-0.4, -0.2) is 13.7 Å². The molecule has 0 heterocycles. The Kier molecular flexibility index (Phi) is 4.33. The van der Waals surface area contributed by atoms with Crippen LogP contribution in [0.1, 0.15) is 0 Å². The number of hydrogen-bond donors (Lipinski definition) is 3. The summed E-state index contributed by atoms with van der Waals surface area (Å²) in [5.74, 6) is 0. The van der Waals surface area contributed by atoms with Gasteiger partial charge in [0, 0.05) is 11.8 Å². The Morgan fingerprint density at radius 1 is 0.923 bits per heavy atom. The second kappa shape index (κ2) is 6.34. The molecule has 0 aliphatic carbocycles. The van der Waals surface area contributed by atoms with Crippen LogP contribution in [0.4, 0.5) is 17.1 Å². The van der Waals surface area contributed by atoms with E-state index in [0.717, 1.165) is 6.07 Å². The van der Waals surface area contributed by atoms with Crippen LogP contribution >= 0.6 is 0 Å². The van der Waals surface area contributed by atoms with Crippen LogP contribution in [0.2, 0.25) is 0 Å². The predicted octanol–water partition coefficient (Wildman–Crippen LogP) is 3.92. The Labute approximate surface area is 150 Å². The fraction of sp³-hybridized carbons (Fsp3) is 0. The summed E-state index contributed by atoms with van der Waals surface area (Å²) in [4.78, 5) is 10.6. The molecule has 4 N–H and O–H groups in total. The zero-order chi connectivity index (χ0) is 18.8. The second-order valence-corrected chi connectivity index (χ2v) is 8.57. The standard InChI is InChI=1S/C18H17N3O4S/c19-26(24,25,15-9-5-2-6-10-15)16-11-12-17(18(13-16)21(22)23)20-14-7-3-1-4-8-14/h1-13,20H,(H3,19,24,25). The molecule has 0 radical (unpaired) electrons. The summed E-state index contributed by atoms with van der Waals surface area (Å²) < 4.78 is 23.8. The van der Waals surface area contributed by atoms with Gasteiger partial charge < -0.3 is 5.32 Å². The van der Waals surface area contributed by atoms with Gasteiger partial charge in [-0.3, -0.25) is 14.7 Å². The largest absolute Gasteiger partial charge is 0.350 e. The zero-order valence-electron chi connectivity index (χ0n) is 13.6. The molecule has 0 aromatic heterocycles. The van der Waals surface area contributed by atoms with Crippen LogP contribution in [0, 0.1) is 10.1 Å². The number of nitrogens with one attached hydrogen (secondary N) is 1. The lowest BCUT2D eigenvalue weighted by molar-refractivity contribution is -0.384. The summed E-state index contributed by atoms with van der Waals surface area (Å²) in [5, 5.41) is 20.3. The lowest BCUT2D eigenvalue weighted by Crippen LogP contribution is -2.42. The van der Waals surface area contributed by atoms with Gasteiger partial charge in [-0.05, 0) is 36.4 Å². The average Bonchev–Trinajstić information content (AvgIpc) is 2.63. The quantitative estimate of drug-likeness (QED) is 0.464. The molecule has 3 aromatic carbocycles. The summed E-state index contributed by atoms with van der Waals surface area (Å²) in [5.41, 5.74) is 0.502. The third-order valence-corrected chi connectivity index (χ3v) is 6.22. The first-order valence-corrected chi connectivity index (χ1v) is 9.63. The van der Waals surface area contributed by atoms with E-state index >= 15 is 0 Å². The summed E-state index contributed by atoms with van der Waals surface area (Å²) in [6, 6.07) is 20.3. The zero-order valence-corrected chi connectivity index (χ0v) is 14.4. The first kappa shape index (κ1) is 17.7. The van der Waals surface area contributed by atoms with Crippen molar-refractivity contribution in [3.63, 3.8) is 0 Å². The minimum atomic E-state index is -4.93. The first-order valence-electron chi connectivity index (χ1n) is 7.64. The van der Waals surface area contributed by atoms with E-state index in [1.807, 2.05) is 6.07 Å². The summed E-state index contributed by atoms with van der Waals surface area (Å²) in [7, 11) is -4.93. The van der Waals surface area contributed by atoms with E-state index in [2.05, 4.69) is 5.32 Å². The van der Waals surface area contributed by atoms with Crippen molar-refractivity contribution in [3.05, 3.63) is 89.0 Å². The Hall–Kier alpha value is -3.07. The lowest BCUT2D eigenvalue weighted by Gasteiger charge is -2.38. The highest BCUT2D eigenvalue weighted by Crippen LogP contribution is 2.39. The van der Waals surface area contributed by atoms with Crippen LogP contribution in [-0.2, 0) is 9.53 Å². The van der Waals surface area contributed by atoms with Crippen molar-refractivity contribution in [1.82, 2.24) is 0 Å². The molecule has 0 spiro atoms. The van der Waals surface area contributed by atoms with Gasteiger partial charge >= 0.3 is 0 Å². The van der Waals surface area contributed by atoms with E-state index < -0.39 is 14.5 Å². The van der Waals surface area contributed by atoms with Gasteiger partial charge in [-0.1, -0.05) is 45.9 Å². The predicted molar refractivity (Wildman–Crippen MR) is 101 cm³/mol. The molecule has 0 fully saturated rings. The van der Waals surface area contributed by atoms with Crippen molar-refractivity contribution in [2.45, 2.75) is 9.79 Å². The molecule has 3 aromatic rings. The van der Waals surface area contributed by atoms with Gasteiger partial charge in [0.25, 0.3) is 5.69 Å². The minimum Gasteiger partial charge on any atom is -0.350 e. The van der Waals surface area contributed by atoms with E-state index in [9.17, 15) is 18.9 Å². The van der Waals surface area contributed by atoms with Crippen LogP contribution < -0.4 is 10.5 Å². The van der Waals surface area contributed by atoms with E-state index in [4.69, 9.17) is 5.14 Å². The first-order chi connectivity index (χ1) is 12.3. The molecule has 0 saturated heterocycles. The highest BCUT2D eigenvalue weighted by molar-refractivity contribution is 8.13. The second-order valence-electron chi connectivity index (χ2n) is 5.70. The lowest BCUT2D eigenvalue weighted by atomic mass is 10.2. The molecule has 26 heavy (non-hydrogen) atoms. The fourth-order valence-electron chi connectivity index (χ4n) is 2.51. The maximum Gasteiger partial charge on any atom is 0.294 e. The number of benzene rings is 3. The summed E-state index contributed by atoms with van der Waals surface area (Å²) in [6.45, 7) is 0. The maximum atomic E-state index is 13.1. The van der Waals surface area contributed by atoms with Crippen molar-refractivity contribution < 1.29 is 13.7 Å². The van der Waals surface area contributed by atoms with Gasteiger partial charge in [-0.25, -0.2) is 5.14 Å². The molecule has 0 aliphatic heterocycles. The van der Waals surface area contributed by atoms with E-state index in [1.165, 1.54) is 24.3 Å². The van der Waals surface area contributed by atoms with E-state index in [1.54, 1.807) is 42.5 Å². The molecule has 0 amide bonds. The summed E-state index contributed by atoms with van der Waals surface area (Å²) >= 11 is 0. The Morgan fingerprint density at radius 3 is 2.08 bits per heavy atom. The molecular weight excluding hydrogens is 354 g/mol. The van der Waals surface area contributed by atoms with E-state index in [0.29, 0.717) is 5.69 Å². The van der Waals surface area contributed by atoms with Gasteiger partial charge in [-0.2, -0.15) is 4.21 Å². The van der Waals surface area contributed by atoms with Gasteiger partial charge in [0.05, 0.1) is 14.7 Å². The van der Waals surface area contributed by atoms with E-state index in [-0.39, 0.29) is 21.2 Å². The average molecular weight is 371 g/mol. The monoisotopic (exact) mass is 371 g/mol. The minimum absolute atomic E-state index is 0.0115. The fourth-order valence-corrected chi connectivity index (χ4v) is 4.14. The molecule has 0 aliphatic rings. The maximum absolute atomic E-state index is 13.1. The molecule has 0 bridgehead atoms. The van der Waals surface area contributed by atoms with Crippen LogP contribution in [0.5, 0.6) is 0 Å². The van der Waals surface area contributed by atoms with Gasteiger partial charge in [0.1, 0.15) is 5.69 Å². The highest BCUT2D eigenvalue weighted by Gasteiger charge is 2.30. The molecule has 0 atom stereocenters. The number of nitro groups is 1. The third kappa shape index (κ3) is 3.33. The highest BCUT2D eigenvalue weighted by atomic mass is 32.3. The Balaban J connectivity index is 2.10. The molecule has 8 heteroatoms. The van der Waals surface area contributed by atoms with Crippen molar-refractivity contribution in [1.29, 1.82) is 0 Å². The van der Waals surface area contributed by atoms with Crippen molar-refractivity contribution in [2.24, 2.45) is 5.14 Å². The number of anilines is 2. The molecule has 134 valence electrons. The third-order valence-electron chi connectivity index (χ3n) is 3.87. The smallest absolute Gasteiger partial charge is 0.294 e. The number of nitrogens with zero attached hydrogens (tertiary/aromatic N) is 1. The molecule has 7 nitrogen and oxygen atoms in total. The Bertz CT molecular complexity index is 1020. The Morgan fingerprint density at radius 2 is 1.50 bits per heavy atom. The van der Waals surface area contributed by atoms with Gasteiger partial charge in [0.2, 0.25) is 0 Å². The SMILES string of the molecule is NS(=O)(O)(c1ccccc1)c1ccc(Nc2ccccc2)c([N+](=O)[O-])c1. The molecular formula is C18H17N3O4S. The van der Waals surface area contributed by atoms with Crippen LogP contribution in [0.25, 0.3) is 0 Å². The van der Waals surface area contributed by atoms with Crippen LogP contribution in [0.3, 0.4) is 0 Å². The number of nitro benzene ring substituents is 1. The molecule has 0 saturated carbocycles. The summed E-state index contributed by atoms with van der Waals surface area (Å²) in [6.07, 6.45) is 0. The van der Waals surface area contributed by atoms with Gasteiger partial charge in [0.15, 0.2) is 0 Å². The van der Waals surface area contributed by atoms with Gasteiger partial charge in [-0.15, -0.1) is 0 Å². The molecule has 0 unspecified atom stereocenters.